The van der Waals surface area contributed by atoms with Crippen LogP contribution in [-0.2, 0) is 22.4 Å². The lowest BCUT2D eigenvalue weighted by atomic mass is 9.97. The van der Waals surface area contributed by atoms with E-state index in [1.165, 1.54) is 4.90 Å². The number of hydrogen-bond acceptors (Lipinski definition) is 5. The van der Waals surface area contributed by atoms with Crippen LogP contribution in [0.25, 0.3) is 10.9 Å². The average molecular weight is 379 g/mol. The van der Waals surface area contributed by atoms with Crippen LogP contribution < -0.4 is 0 Å². The molecule has 0 aliphatic heterocycles. The fraction of sp³-hybridized carbons (Fsp3) is 0.455. The Labute approximate surface area is 165 Å². The molecule has 1 aromatic carbocycles. The molecule has 1 aliphatic rings. The summed E-state index contributed by atoms with van der Waals surface area (Å²) in [5, 5.41) is 9.46. The molecule has 6 nitrogen and oxygen atoms in total. The van der Waals surface area contributed by atoms with E-state index in [2.05, 4.69) is 0 Å². The van der Waals surface area contributed by atoms with Crippen LogP contribution in [-0.4, -0.2) is 41.5 Å². The number of aryl methyl sites for hydroxylation is 1. The number of aromatic nitrogens is 1. The molecule has 0 saturated heterocycles. The van der Waals surface area contributed by atoms with Gasteiger partial charge in [0.2, 0.25) is 0 Å². The van der Waals surface area contributed by atoms with Gasteiger partial charge in [-0.15, -0.1) is 0 Å². The summed E-state index contributed by atoms with van der Waals surface area (Å²) in [5.41, 5.74) is 3.24. The number of esters is 1. The molecule has 1 heterocycles. The first-order valence-electron chi connectivity index (χ1n) is 9.76. The number of nitriles is 1. The maximum absolute atomic E-state index is 13.1. The van der Waals surface area contributed by atoms with Crippen LogP contribution in [0.1, 0.15) is 54.2 Å². The van der Waals surface area contributed by atoms with Crippen LogP contribution in [0, 0.1) is 11.3 Å². The van der Waals surface area contributed by atoms with Gasteiger partial charge in [0.1, 0.15) is 0 Å². The number of carbonyl (C=O) groups excluding carboxylic acids is 2. The van der Waals surface area contributed by atoms with Crippen LogP contribution in [0.3, 0.4) is 0 Å². The second kappa shape index (κ2) is 8.83. The number of hydrogen-bond donors (Lipinski definition) is 0. The van der Waals surface area contributed by atoms with Crippen molar-refractivity contribution in [3.05, 3.63) is 41.1 Å². The highest BCUT2D eigenvalue weighted by Gasteiger charge is 2.27. The van der Waals surface area contributed by atoms with Gasteiger partial charge in [-0.2, -0.15) is 5.26 Å². The minimum atomic E-state index is -0.912. The Morgan fingerprint density at radius 1 is 1.25 bits per heavy atom. The monoisotopic (exact) mass is 379 g/mol. The predicted molar refractivity (Wildman–Crippen MR) is 106 cm³/mol. The summed E-state index contributed by atoms with van der Waals surface area (Å²) in [7, 11) is 1.61. The van der Waals surface area contributed by atoms with Gasteiger partial charge in [-0.1, -0.05) is 24.6 Å². The van der Waals surface area contributed by atoms with E-state index >= 15 is 0 Å². The maximum Gasteiger partial charge on any atom is 0.339 e. The minimum absolute atomic E-state index is 0.241. The van der Waals surface area contributed by atoms with Gasteiger partial charge in [0.05, 0.1) is 23.6 Å². The summed E-state index contributed by atoms with van der Waals surface area (Å²) in [6, 6.07) is 9.59. The number of fused-ring (bicyclic) bond motifs is 2. The third-order valence-corrected chi connectivity index (χ3v) is 5.19. The Morgan fingerprint density at radius 2 is 2.00 bits per heavy atom. The third kappa shape index (κ3) is 4.14. The number of pyridine rings is 1. The standard InChI is InChI=1S/C22H25N3O3/c1-15(21(26)25(2)14-8-13-23)28-22(27)20-16-9-4-3-5-11-18(16)24-19-12-7-6-10-17(19)20/h6-7,10,12,15H,3-5,8-9,11,14H2,1-2H3/t15-/m0/s1. The van der Waals surface area contributed by atoms with Gasteiger partial charge in [-0.25, -0.2) is 4.79 Å². The molecule has 0 radical (unpaired) electrons. The molecule has 0 bridgehead atoms. The smallest absolute Gasteiger partial charge is 0.339 e. The highest BCUT2D eigenvalue weighted by atomic mass is 16.5. The molecule has 28 heavy (non-hydrogen) atoms. The van der Waals surface area contributed by atoms with Crippen molar-refractivity contribution in [3.63, 3.8) is 0 Å². The van der Waals surface area contributed by atoms with Crippen LogP contribution in [0.15, 0.2) is 24.3 Å². The van der Waals surface area contributed by atoms with Crippen molar-refractivity contribution in [1.29, 1.82) is 5.26 Å². The zero-order chi connectivity index (χ0) is 20.1. The molecule has 6 heteroatoms. The lowest BCUT2D eigenvalue weighted by molar-refractivity contribution is -0.138. The zero-order valence-electron chi connectivity index (χ0n) is 16.4. The van der Waals surface area contributed by atoms with Crippen molar-refractivity contribution in [2.75, 3.05) is 13.6 Å². The molecule has 3 rings (SSSR count). The van der Waals surface area contributed by atoms with Crippen molar-refractivity contribution in [2.45, 2.75) is 51.6 Å². The first-order chi connectivity index (χ1) is 13.5. The summed E-state index contributed by atoms with van der Waals surface area (Å²) < 4.78 is 5.57. The van der Waals surface area contributed by atoms with Gasteiger partial charge in [0, 0.05) is 24.7 Å². The first-order valence-corrected chi connectivity index (χ1v) is 9.76. The normalized spacial score (nSPS) is 14.5. The summed E-state index contributed by atoms with van der Waals surface area (Å²) in [4.78, 5) is 31.8. The Kier molecular flexibility index (Phi) is 6.25. The second-order valence-corrected chi connectivity index (χ2v) is 7.21. The molecule has 2 aromatic rings. The maximum atomic E-state index is 13.1. The van der Waals surface area contributed by atoms with Crippen LogP contribution >= 0.6 is 0 Å². The van der Waals surface area contributed by atoms with Crippen molar-refractivity contribution >= 4 is 22.8 Å². The number of benzene rings is 1. The molecule has 0 saturated carbocycles. The Balaban J connectivity index is 1.92. The number of ether oxygens (including phenoxy) is 1. The molecule has 146 valence electrons. The Morgan fingerprint density at radius 3 is 2.79 bits per heavy atom. The Bertz CT molecular complexity index is 933. The number of amides is 1. The summed E-state index contributed by atoms with van der Waals surface area (Å²) in [6.45, 7) is 1.88. The molecule has 0 N–H and O–H groups in total. The van der Waals surface area contributed by atoms with Gasteiger partial charge in [0.25, 0.3) is 5.91 Å². The summed E-state index contributed by atoms with van der Waals surface area (Å²) in [5.74, 6) is -0.792. The number of nitrogens with zero attached hydrogens (tertiary/aromatic N) is 3. The zero-order valence-corrected chi connectivity index (χ0v) is 16.4. The second-order valence-electron chi connectivity index (χ2n) is 7.21. The quantitative estimate of drug-likeness (QED) is 0.587. The lowest BCUT2D eigenvalue weighted by Gasteiger charge is -2.21. The van der Waals surface area contributed by atoms with E-state index < -0.39 is 12.1 Å². The van der Waals surface area contributed by atoms with Gasteiger partial charge in [-0.3, -0.25) is 9.78 Å². The molecular weight excluding hydrogens is 354 g/mol. The Hall–Kier alpha value is -2.94. The van der Waals surface area contributed by atoms with E-state index in [4.69, 9.17) is 15.0 Å². The van der Waals surface area contributed by atoms with E-state index in [-0.39, 0.29) is 12.3 Å². The SMILES string of the molecule is C[C@H](OC(=O)c1c2c(nc3ccccc13)CCCCC2)C(=O)N(C)CCC#N. The van der Waals surface area contributed by atoms with Gasteiger partial charge in [0.15, 0.2) is 6.10 Å². The molecule has 0 spiro atoms. The van der Waals surface area contributed by atoms with E-state index in [0.717, 1.165) is 54.3 Å². The highest BCUT2D eigenvalue weighted by molar-refractivity contribution is 6.05. The molecular formula is C22H25N3O3. The topological polar surface area (TPSA) is 83.3 Å². The molecule has 1 atom stereocenters. The largest absolute Gasteiger partial charge is 0.449 e. The fourth-order valence-electron chi connectivity index (χ4n) is 3.69. The molecule has 1 amide bonds. The van der Waals surface area contributed by atoms with Crippen LogP contribution in [0.4, 0.5) is 0 Å². The van der Waals surface area contributed by atoms with Crippen molar-refractivity contribution < 1.29 is 14.3 Å². The van der Waals surface area contributed by atoms with Gasteiger partial charge >= 0.3 is 5.97 Å². The summed E-state index contributed by atoms with van der Waals surface area (Å²) >= 11 is 0. The van der Waals surface area contributed by atoms with Crippen molar-refractivity contribution in [3.8, 4) is 6.07 Å². The number of rotatable bonds is 5. The van der Waals surface area contributed by atoms with Gasteiger partial charge in [-0.05, 0) is 44.2 Å². The molecule has 1 aromatic heterocycles. The van der Waals surface area contributed by atoms with Crippen LogP contribution in [0.2, 0.25) is 0 Å². The molecule has 1 aliphatic carbocycles. The first kappa shape index (κ1) is 19.8. The van der Waals surface area contributed by atoms with E-state index in [1.807, 2.05) is 30.3 Å². The number of carbonyl (C=O) groups is 2. The summed E-state index contributed by atoms with van der Waals surface area (Å²) in [6.07, 6.45) is 4.16. The number of likely N-dealkylation sites (N-methyl/N-ethyl adjacent to an activating group) is 1. The minimum Gasteiger partial charge on any atom is -0.449 e. The van der Waals surface area contributed by atoms with E-state index in [0.29, 0.717) is 12.1 Å². The average Bonchev–Trinajstić information content (AvgIpc) is 2.94. The van der Waals surface area contributed by atoms with Crippen LogP contribution in [0.5, 0.6) is 0 Å². The third-order valence-electron chi connectivity index (χ3n) is 5.19. The van der Waals surface area contributed by atoms with E-state index in [1.54, 1.807) is 14.0 Å². The van der Waals surface area contributed by atoms with Crippen molar-refractivity contribution in [1.82, 2.24) is 9.88 Å². The predicted octanol–water partition coefficient (Wildman–Crippen LogP) is 3.42. The fourth-order valence-corrected chi connectivity index (χ4v) is 3.69. The number of para-hydroxylation sites is 1. The molecule has 0 fully saturated rings. The van der Waals surface area contributed by atoms with Crippen molar-refractivity contribution in [2.24, 2.45) is 0 Å². The highest BCUT2D eigenvalue weighted by Crippen LogP contribution is 2.29. The lowest BCUT2D eigenvalue weighted by Crippen LogP contribution is -2.38. The van der Waals surface area contributed by atoms with E-state index in [9.17, 15) is 9.59 Å². The molecule has 0 unspecified atom stereocenters. The van der Waals surface area contributed by atoms with Gasteiger partial charge < -0.3 is 9.64 Å².